The molecule has 14 heavy (non-hydrogen) atoms. The summed E-state index contributed by atoms with van der Waals surface area (Å²) in [5.41, 5.74) is 0. The third-order valence-corrected chi connectivity index (χ3v) is 2.77. The van der Waals surface area contributed by atoms with Gasteiger partial charge in [0.2, 0.25) is 0 Å². The molecule has 1 amide bonds. The van der Waals surface area contributed by atoms with E-state index in [1.54, 1.807) is 0 Å². The summed E-state index contributed by atoms with van der Waals surface area (Å²) in [6.07, 6.45) is 2.27. The van der Waals surface area contributed by atoms with Crippen LogP contribution in [-0.2, 0) is 9.47 Å². The average Bonchev–Trinajstić information content (AvgIpc) is 2.46. The van der Waals surface area contributed by atoms with Crippen molar-refractivity contribution in [3.05, 3.63) is 0 Å². The smallest absolute Gasteiger partial charge is 0.410 e. The zero-order valence-corrected chi connectivity index (χ0v) is 8.73. The van der Waals surface area contributed by atoms with Crippen molar-refractivity contribution in [2.75, 3.05) is 13.2 Å². The predicted octanol–water partition coefficient (Wildman–Crippen LogP) is 1.39. The van der Waals surface area contributed by atoms with Crippen LogP contribution in [0, 0.1) is 0 Å². The van der Waals surface area contributed by atoms with Gasteiger partial charge in [-0.3, -0.25) is 0 Å². The number of cyclic esters (lactones) is 1. The average molecular weight is 199 g/mol. The Morgan fingerprint density at radius 3 is 3.07 bits per heavy atom. The number of piperidine rings is 1. The quantitative estimate of drug-likeness (QED) is 0.674. The lowest BCUT2D eigenvalue weighted by molar-refractivity contribution is -0.0301. The molecule has 2 aliphatic rings. The lowest BCUT2D eigenvalue weighted by Gasteiger charge is -2.33. The lowest BCUT2D eigenvalue weighted by Crippen LogP contribution is -2.44. The predicted molar refractivity (Wildman–Crippen MR) is 51.1 cm³/mol. The van der Waals surface area contributed by atoms with Crippen molar-refractivity contribution in [3.63, 3.8) is 0 Å². The van der Waals surface area contributed by atoms with Gasteiger partial charge in [0.05, 0.1) is 18.2 Å². The van der Waals surface area contributed by atoms with Gasteiger partial charge in [-0.1, -0.05) is 0 Å². The maximum absolute atomic E-state index is 11.2. The standard InChI is InChI=1S/C10H17NO3/c1-7(2)14-9-3-4-11-8(5-9)6-13-10(11)12/h7-9H,3-6H2,1-2H3. The molecule has 0 radical (unpaired) electrons. The summed E-state index contributed by atoms with van der Waals surface area (Å²) in [4.78, 5) is 13.0. The molecular weight excluding hydrogens is 182 g/mol. The van der Waals surface area contributed by atoms with Crippen LogP contribution in [0.4, 0.5) is 4.79 Å². The number of carbonyl (C=O) groups excluding carboxylic acids is 1. The van der Waals surface area contributed by atoms with Crippen molar-refractivity contribution >= 4 is 6.09 Å². The first-order valence-electron chi connectivity index (χ1n) is 5.25. The number of fused-ring (bicyclic) bond motifs is 1. The van der Waals surface area contributed by atoms with Crippen LogP contribution in [-0.4, -0.2) is 42.4 Å². The minimum Gasteiger partial charge on any atom is -0.447 e. The molecule has 2 heterocycles. The number of rotatable bonds is 2. The highest BCUT2D eigenvalue weighted by molar-refractivity contribution is 5.70. The Morgan fingerprint density at radius 1 is 1.57 bits per heavy atom. The van der Waals surface area contributed by atoms with E-state index in [1.165, 1.54) is 0 Å². The minimum atomic E-state index is -0.155. The Morgan fingerprint density at radius 2 is 2.36 bits per heavy atom. The normalized spacial score (nSPS) is 31.9. The van der Waals surface area contributed by atoms with Crippen molar-refractivity contribution in [1.82, 2.24) is 4.90 Å². The fourth-order valence-electron chi connectivity index (χ4n) is 2.17. The van der Waals surface area contributed by atoms with E-state index in [4.69, 9.17) is 9.47 Å². The molecule has 2 atom stereocenters. The molecule has 0 aromatic heterocycles. The van der Waals surface area contributed by atoms with Crippen LogP contribution in [0.1, 0.15) is 26.7 Å². The number of hydrogen-bond donors (Lipinski definition) is 0. The maximum Gasteiger partial charge on any atom is 0.410 e. The number of nitrogens with zero attached hydrogens (tertiary/aromatic N) is 1. The molecule has 0 aromatic rings. The molecule has 80 valence electrons. The van der Waals surface area contributed by atoms with Crippen LogP contribution in [0.25, 0.3) is 0 Å². The molecule has 0 spiro atoms. The topological polar surface area (TPSA) is 38.8 Å². The number of hydrogen-bond acceptors (Lipinski definition) is 3. The first-order chi connectivity index (χ1) is 6.66. The Balaban J connectivity index is 1.89. The highest BCUT2D eigenvalue weighted by Crippen LogP contribution is 2.25. The van der Waals surface area contributed by atoms with Crippen molar-refractivity contribution in [3.8, 4) is 0 Å². The van der Waals surface area contributed by atoms with Crippen molar-refractivity contribution in [2.24, 2.45) is 0 Å². The molecule has 0 saturated carbocycles. The van der Waals surface area contributed by atoms with E-state index in [-0.39, 0.29) is 18.2 Å². The summed E-state index contributed by atoms with van der Waals surface area (Å²) >= 11 is 0. The van der Waals surface area contributed by atoms with Gasteiger partial charge in [-0.05, 0) is 26.7 Å². The molecule has 2 unspecified atom stereocenters. The Bertz CT molecular complexity index is 229. The van der Waals surface area contributed by atoms with E-state index < -0.39 is 0 Å². The Hall–Kier alpha value is -0.770. The van der Waals surface area contributed by atoms with Gasteiger partial charge >= 0.3 is 6.09 Å². The van der Waals surface area contributed by atoms with E-state index in [0.29, 0.717) is 12.7 Å². The summed E-state index contributed by atoms with van der Waals surface area (Å²) in [5.74, 6) is 0. The molecule has 0 aromatic carbocycles. The van der Waals surface area contributed by atoms with Crippen LogP contribution in [0.2, 0.25) is 0 Å². The molecule has 0 N–H and O–H groups in total. The summed E-state index contributed by atoms with van der Waals surface area (Å²) in [6.45, 7) is 5.41. The monoisotopic (exact) mass is 199 g/mol. The van der Waals surface area contributed by atoms with Gasteiger partial charge in [0.1, 0.15) is 6.61 Å². The van der Waals surface area contributed by atoms with Crippen molar-refractivity contribution in [2.45, 2.75) is 44.9 Å². The Kier molecular flexibility index (Phi) is 2.63. The van der Waals surface area contributed by atoms with E-state index in [0.717, 1.165) is 19.4 Å². The number of ether oxygens (including phenoxy) is 2. The summed E-state index contributed by atoms with van der Waals surface area (Å²) in [7, 11) is 0. The van der Waals surface area contributed by atoms with E-state index in [1.807, 2.05) is 18.7 Å². The third-order valence-electron chi connectivity index (χ3n) is 2.77. The van der Waals surface area contributed by atoms with E-state index >= 15 is 0 Å². The van der Waals surface area contributed by atoms with Crippen molar-refractivity contribution < 1.29 is 14.3 Å². The minimum absolute atomic E-state index is 0.155. The fourth-order valence-corrected chi connectivity index (χ4v) is 2.17. The molecule has 4 heteroatoms. The third kappa shape index (κ3) is 1.85. The second-order valence-corrected chi connectivity index (χ2v) is 4.26. The van der Waals surface area contributed by atoms with E-state index in [2.05, 4.69) is 0 Å². The van der Waals surface area contributed by atoms with Crippen LogP contribution in [0.5, 0.6) is 0 Å². The summed E-state index contributed by atoms with van der Waals surface area (Å²) < 4.78 is 10.7. The van der Waals surface area contributed by atoms with Crippen LogP contribution in [0.15, 0.2) is 0 Å². The molecule has 2 saturated heterocycles. The van der Waals surface area contributed by atoms with Crippen molar-refractivity contribution in [1.29, 1.82) is 0 Å². The van der Waals surface area contributed by atoms with Gasteiger partial charge in [-0.15, -0.1) is 0 Å². The highest BCUT2D eigenvalue weighted by atomic mass is 16.6. The first kappa shape index (κ1) is 9.77. The summed E-state index contributed by atoms with van der Waals surface area (Å²) in [5, 5.41) is 0. The molecule has 4 nitrogen and oxygen atoms in total. The molecule has 2 rings (SSSR count). The highest BCUT2D eigenvalue weighted by Gasteiger charge is 2.38. The molecule has 0 bridgehead atoms. The maximum atomic E-state index is 11.2. The van der Waals surface area contributed by atoms with Gasteiger partial charge in [-0.2, -0.15) is 0 Å². The first-order valence-corrected chi connectivity index (χ1v) is 5.25. The Labute approximate surface area is 84.2 Å². The van der Waals surface area contributed by atoms with Gasteiger partial charge < -0.3 is 14.4 Å². The zero-order valence-electron chi connectivity index (χ0n) is 8.73. The van der Waals surface area contributed by atoms with Crippen LogP contribution >= 0.6 is 0 Å². The second kappa shape index (κ2) is 3.77. The largest absolute Gasteiger partial charge is 0.447 e. The number of carbonyl (C=O) groups is 1. The molecular formula is C10H17NO3. The molecule has 2 fully saturated rings. The van der Waals surface area contributed by atoms with Gasteiger partial charge in [-0.25, -0.2) is 4.79 Å². The molecule has 2 aliphatic heterocycles. The van der Waals surface area contributed by atoms with Gasteiger partial charge in [0.15, 0.2) is 0 Å². The number of amides is 1. The second-order valence-electron chi connectivity index (χ2n) is 4.26. The lowest BCUT2D eigenvalue weighted by atomic mass is 10.0. The molecule has 0 aliphatic carbocycles. The van der Waals surface area contributed by atoms with Crippen LogP contribution < -0.4 is 0 Å². The summed E-state index contributed by atoms with van der Waals surface area (Å²) in [6, 6.07) is 0.250. The SMILES string of the molecule is CC(C)OC1CCN2C(=O)OCC2C1. The van der Waals surface area contributed by atoms with Gasteiger partial charge in [0.25, 0.3) is 0 Å². The van der Waals surface area contributed by atoms with Gasteiger partial charge in [0, 0.05) is 6.54 Å². The van der Waals surface area contributed by atoms with Crippen LogP contribution in [0.3, 0.4) is 0 Å². The van der Waals surface area contributed by atoms with E-state index in [9.17, 15) is 4.79 Å². The zero-order chi connectivity index (χ0) is 10.1. The fraction of sp³-hybridized carbons (Fsp3) is 0.900.